The molecule has 0 aliphatic carbocycles. The summed E-state index contributed by atoms with van der Waals surface area (Å²) in [6, 6.07) is 8.95. The van der Waals surface area contributed by atoms with Crippen molar-refractivity contribution >= 4 is 11.5 Å². The molecule has 0 atom stereocenters. The second kappa shape index (κ2) is 7.09. The van der Waals surface area contributed by atoms with Gasteiger partial charge in [-0.1, -0.05) is 24.3 Å². The minimum atomic E-state index is -4.35. The zero-order chi connectivity index (χ0) is 17.9. The highest BCUT2D eigenvalue weighted by atomic mass is 19.4. The molecule has 0 unspecified atom stereocenters. The molecule has 3 rings (SSSR count). The second-order valence-electron chi connectivity index (χ2n) is 5.94. The Hall–Kier alpha value is -2.63. The molecular formula is C19H17F3N2O. The third-order valence-electron chi connectivity index (χ3n) is 4.20. The zero-order valence-corrected chi connectivity index (χ0v) is 13.5. The number of nitrogens with zero attached hydrogens (tertiary/aromatic N) is 2. The number of halogens is 3. The van der Waals surface area contributed by atoms with E-state index in [0.29, 0.717) is 25.1 Å². The molecule has 0 saturated carbocycles. The molecule has 0 radical (unpaired) electrons. The van der Waals surface area contributed by atoms with Gasteiger partial charge >= 0.3 is 6.18 Å². The third kappa shape index (κ3) is 4.26. The van der Waals surface area contributed by atoms with Crippen molar-refractivity contribution in [2.24, 2.45) is 0 Å². The minimum Gasteiger partial charge on any atom is -0.338 e. The fraction of sp³-hybridized carbons (Fsp3) is 0.263. The van der Waals surface area contributed by atoms with Crippen LogP contribution < -0.4 is 0 Å². The first kappa shape index (κ1) is 17.2. The fourth-order valence-corrected chi connectivity index (χ4v) is 2.84. The molecule has 0 spiro atoms. The van der Waals surface area contributed by atoms with Crippen LogP contribution in [0.1, 0.15) is 23.1 Å². The van der Waals surface area contributed by atoms with E-state index in [9.17, 15) is 18.0 Å². The average Bonchev–Trinajstić information content (AvgIpc) is 2.62. The lowest BCUT2D eigenvalue weighted by atomic mass is 9.97. The predicted molar refractivity (Wildman–Crippen MR) is 88.6 cm³/mol. The van der Waals surface area contributed by atoms with Crippen molar-refractivity contribution < 1.29 is 18.0 Å². The summed E-state index contributed by atoms with van der Waals surface area (Å²) in [6.07, 6.45) is 1.61. The number of benzene rings is 1. The number of carbonyl (C=O) groups excluding carboxylic acids is 1. The van der Waals surface area contributed by atoms with Crippen molar-refractivity contribution in [3.05, 3.63) is 71.6 Å². The Bertz CT molecular complexity index is 785. The van der Waals surface area contributed by atoms with Gasteiger partial charge in [0.25, 0.3) is 0 Å². The first-order valence-corrected chi connectivity index (χ1v) is 7.97. The maximum atomic E-state index is 12.8. The van der Waals surface area contributed by atoms with Crippen LogP contribution in [0.3, 0.4) is 0 Å². The number of carbonyl (C=O) groups is 1. The van der Waals surface area contributed by atoms with Crippen LogP contribution in [-0.4, -0.2) is 28.9 Å². The van der Waals surface area contributed by atoms with E-state index < -0.39 is 11.7 Å². The van der Waals surface area contributed by atoms with Gasteiger partial charge in [0.05, 0.1) is 12.0 Å². The smallest absolute Gasteiger partial charge is 0.338 e. The number of rotatable bonds is 3. The molecule has 1 aromatic heterocycles. The van der Waals surface area contributed by atoms with E-state index in [1.54, 1.807) is 29.4 Å². The maximum Gasteiger partial charge on any atom is 0.416 e. The third-order valence-corrected chi connectivity index (χ3v) is 4.20. The van der Waals surface area contributed by atoms with Gasteiger partial charge in [0, 0.05) is 25.5 Å². The van der Waals surface area contributed by atoms with Crippen LogP contribution in [0.15, 0.2) is 54.9 Å². The van der Waals surface area contributed by atoms with Gasteiger partial charge in [-0.25, -0.2) is 0 Å². The second-order valence-corrected chi connectivity index (χ2v) is 5.94. The van der Waals surface area contributed by atoms with E-state index in [1.807, 2.05) is 12.1 Å². The summed E-state index contributed by atoms with van der Waals surface area (Å²) >= 11 is 0. The van der Waals surface area contributed by atoms with Crippen LogP contribution in [0.2, 0.25) is 0 Å². The van der Waals surface area contributed by atoms with Gasteiger partial charge in [-0.2, -0.15) is 13.2 Å². The van der Waals surface area contributed by atoms with Gasteiger partial charge < -0.3 is 4.90 Å². The van der Waals surface area contributed by atoms with Gasteiger partial charge in [0.15, 0.2) is 0 Å². The summed E-state index contributed by atoms with van der Waals surface area (Å²) in [7, 11) is 0. The standard InChI is InChI=1S/C19H17F3N2O/c20-19(21,22)17-5-1-4-16(12-17)15-6-9-24(10-7-15)18(25)11-14-3-2-8-23-13-14/h1-6,8,12-13H,7,9-11H2. The van der Waals surface area contributed by atoms with Crippen LogP contribution >= 0.6 is 0 Å². The monoisotopic (exact) mass is 346 g/mol. The van der Waals surface area contributed by atoms with Crippen molar-refractivity contribution in [3.63, 3.8) is 0 Å². The molecule has 25 heavy (non-hydrogen) atoms. The Labute approximate surface area is 143 Å². The molecule has 1 aromatic carbocycles. The average molecular weight is 346 g/mol. The molecule has 6 heteroatoms. The van der Waals surface area contributed by atoms with E-state index in [4.69, 9.17) is 0 Å². The molecule has 3 nitrogen and oxygen atoms in total. The topological polar surface area (TPSA) is 33.2 Å². The van der Waals surface area contributed by atoms with Gasteiger partial charge in [-0.15, -0.1) is 0 Å². The molecule has 1 amide bonds. The summed E-state index contributed by atoms with van der Waals surface area (Å²) in [5.41, 5.74) is 1.60. The van der Waals surface area contributed by atoms with Crippen LogP contribution in [0, 0.1) is 0 Å². The molecule has 1 aliphatic rings. The Morgan fingerprint density at radius 3 is 2.68 bits per heavy atom. The van der Waals surface area contributed by atoms with Crippen molar-refractivity contribution in [2.75, 3.05) is 13.1 Å². The largest absolute Gasteiger partial charge is 0.416 e. The van der Waals surface area contributed by atoms with Gasteiger partial charge in [0.1, 0.15) is 0 Å². The van der Waals surface area contributed by atoms with Crippen LogP contribution in [0.5, 0.6) is 0 Å². The number of hydrogen-bond acceptors (Lipinski definition) is 2. The molecule has 0 bridgehead atoms. The number of pyridine rings is 1. The van der Waals surface area contributed by atoms with E-state index in [2.05, 4.69) is 4.98 Å². The fourth-order valence-electron chi connectivity index (χ4n) is 2.84. The Morgan fingerprint density at radius 2 is 2.04 bits per heavy atom. The molecule has 0 N–H and O–H groups in total. The number of amides is 1. The molecule has 2 heterocycles. The number of alkyl halides is 3. The van der Waals surface area contributed by atoms with Gasteiger partial charge in [-0.3, -0.25) is 9.78 Å². The van der Waals surface area contributed by atoms with Crippen molar-refractivity contribution in [1.29, 1.82) is 0 Å². The summed E-state index contributed by atoms with van der Waals surface area (Å²) in [4.78, 5) is 18.0. The highest BCUT2D eigenvalue weighted by Gasteiger charge is 2.30. The number of aromatic nitrogens is 1. The van der Waals surface area contributed by atoms with Crippen LogP contribution in [-0.2, 0) is 17.4 Å². The number of hydrogen-bond donors (Lipinski definition) is 0. The minimum absolute atomic E-state index is 0.00709. The molecule has 1 aliphatic heterocycles. The van der Waals surface area contributed by atoms with Crippen molar-refractivity contribution in [3.8, 4) is 0 Å². The zero-order valence-electron chi connectivity index (χ0n) is 13.5. The van der Waals surface area contributed by atoms with E-state index in [1.165, 1.54) is 12.1 Å². The summed E-state index contributed by atoms with van der Waals surface area (Å²) in [5.74, 6) is -0.00709. The quantitative estimate of drug-likeness (QED) is 0.843. The van der Waals surface area contributed by atoms with Crippen LogP contribution in [0.4, 0.5) is 13.2 Å². The normalized spacial score (nSPS) is 15.0. The van der Waals surface area contributed by atoms with E-state index >= 15 is 0 Å². The highest BCUT2D eigenvalue weighted by Crippen LogP contribution is 2.32. The lowest BCUT2D eigenvalue weighted by Crippen LogP contribution is -2.35. The Morgan fingerprint density at radius 1 is 1.20 bits per heavy atom. The molecule has 2 aromatic rings. The molecule has 130 valence electrons. The summed E-state index contributed by atoms with van der Waals surface area (Å²) in [5, 5.41) is 0. The first-order valence-electron chi connectivity index (χ1n) is 7.97. The predicted octanol–water partition coefficient (Wildman–Crippen LogP) is 3.96. The molecule has 0 fully saturated rings. The summed E-state index contributed by atoms with van der Waals surface area (Å²) < 4.78 is 38.5. The SMILES string of the molecule is O=C(Cc1cccnc1)N1CC=C(c2cccc(C(F)(F)F)c2)CC1. The van der Waals surface area contributed by atoms with Gasteiger partial charge in [0.2, 0.25) is 5.91 Å². The van der Waals surface area contributed by atoms with E-state index in [-0.39, 0.29) is 12.3 Å². The summed E-state index contributed by atoms with van der Waals surface area (Å²) in [6.45, 7) is 0.909. The van der Waals surface area contributed by atoms with E-state index in [0.717, 1.165) is 17.2 Å². The lowest BCUT2D eigenvalue weighted by molar-refractivity contribution is -0.137. The van der Waals surface area contributed by atoms with Crippen molar-refractivity contribution in [1.82, 2.24) is 9.88 Å². The lowest BCUT2D eigenvalue weighted by Gasteiger charge is -2.27. The van der Waals surface area contributed by atoms with Gasteiger partial charge in [-0.05, 0) is 41.3 Å². The molecule has 0 saturated heterocycles. The Kier molecular flexibility index (Phi) is 4.88. The Balaban J connectivity index is 1.67. The maximum absolute atomic E-state index is 12.8. The molecular weight excluding hydrogens is 329 g/mol. The van der Waals surface area contributed by atoms with Crippen LogP contribution in [0.25, 0.3) is 5.57 Å². The highest BCUT2D eigenvalue weighted by molar-refractivity contribution is 5.80. The first-order chi connectivity index (χ1) is 11.9. The van der Waals surface area contributed by atoms with Crippen molar-refractivity contribution in [2.45, 2.75) is 19.0 Å².